The molecule has 1 fully saturated rings. The fourth-order valence-corrected chi connectivity index (χ4v) is 3.95. The van der Waals surface area contributed by atoms with Crippen molar-refractivity contribution in [3.8, 4) is 0 Å². The van der Waals surface area contributed by atoms with Crippen molar-refractivity contribution in [3.05, 3.63) is 35.9 Å². The molecule has 1 saturated heterocycles. The highest BCUT2D eigenvalue weighted by atomic mass is 16.5. The van der Waals surface area contributed by atoms with E-state index in [1.165, 1.54) is 5.56 Å². The van der Waals surface area contributed by atoms with Gasteiger partial charge in [-0.3, -0.25) is 9.89 Å². The molecule has 0 aliphatic carbocycles. The Morgan fingerprint density at radius 2 is 2.04 bits per heavy atom. The Morgan fingerprint density at radius 1 is 1.29 bits per heavy atom. The molecule has 5 heteroatoms. The van der Waals surface area contributed by atoms with Crippen LogP contribution < -0.4 is 10.6 Å². The topological polar surface area (TPSA) is 48.9 Å². The summed E-state index contributed by atoms with van der Waals surface area (Å²) in [6.07, 6.45) is 3.59. The molecule has 1 heterocycles. The van der Waals surface area contributed by atoms with Gasteiger partial charge in [0, 0.05) is 45.4 Å². The molecule has 5 nitrogen and oxygen atoms in total. The lowest BCUT2D eigenvalue weighted by Crippen LogP contribution is -2.51. The highest BCUT2D eigenvalue weighted by molar-refractivity contribution is 5.79. The van der Waals surface area contributed by atoms with E-state index in [4.69, 9.17) is 4.74 Å². The van der Waals surface area contributed by atoms with E-state index in [0.717, 1.165) is 51.5 Å². The molecule has 0 saturated carbocycles. The van der Waals surface area contributed by atoms with Crippen molar-refractivity contribution in [3.63, 3.8) is 0 Å². The monoisotopic (exact) mass is 388 g/mol. The molecule has 1 aromatic carbocycles. The number of rotatable bonds is 9. The third kappa shape index (κ3) is 7.44. The number of likely N-dealkylation sites (tertiary alicyclic amines) is 1. The average molecular weight is 389 g/mol. The Labute approximate surface area is 171 Å². The van der Waals surface area contributed by atoms with Crippen molar-refractivity contribution < 1.29 is 4.74 Å². The number of hydrogen-bond donors (Lipinski definition) is 2. The highest BCUT2D eigenvalue weighted by Crippen LogP contribution is 2.20. The molecular weight excluding hydrogens is 348 g/mol. The minimum absolute atomic E-state index is 0.303. The molecule has 28 heavy (non-hydrogen) atoms. The number of nitrogens with one attached hydrogen (secondary N) is 2. The van der Waals surface area contributed by atoms with Crippen molar-refractivity contribution in [2.45, 2.75) is 71.7 Å². The van der Waals surface area contributed by atoms with Crippen molar-refractivity contribution in [1.29, 1.82) is 0 Å². The predicted molar refractivity (Wildman–Crippen MR) is 119 cm³/mol. The van der Waals surface area contributed by atoms with Crippen molar-refractivity contribution >= 4 is 5.96 Å². The van der Waals surface area contributed by atoms with Gasteiger partial charge in [-0.15, -0.1) is 0 Å². The number of guanidine groups is 1. The van der Waals surface area contributed by atoms with Crippen LogP contribution in [0.1, 0.15) is 52.5 Å². The molecule has 2 rings (SSSR count). The summed E-state index contributed by atoms with van der Waals surface area (Å²) in [6.45, 7) is 12.6. The van der Waals surface area contributed by atoms with Gasteiger partial charge in [0.2, 0.25) is 0 Å². The van der Waals surface area contributed by atoms with Crippen LogP contribution in [0.15, 0.2) is 35.3 Å². The number of piperidine rings is 1. The normalized spacial score (nSPS) is 22.3. The lowest BCUT2D eigenvalue weighted by molar-refractivity contribution is 0.0258. The first-order valence-corrected chi connectivity index (χ1v) is 10.9. The fourth-order valence-electron chi connectivity index (χ4n) is 3.95. The van der Waals surface area contributed by atoms with Gasteiger partial charge in [0.25, 0.3) is 0 Å². The number of benzene rings is 1. The summed E-state index contributed by atoms with van der Waals surface area (Å²) in [5.41, 5.74) is 1.40. The summed E-state index contributed by atoms with van der Waals surface area (Å²) in [6, 6.07) is 11.8. The molecule has 3 atom stereocenters. The maximum absolute atomic E-state index is 5.84. The fraction of sp³-hybridized carbons (Fsp3) is 0.696. The summed E-state index contributed by atoms with van der Waals surface area (Å²) < 4.78 is 5.84. The van der Waals surface area contributed by atoms with Crippen LogP contribution in [0.4, 0.5) is 0 Å². The predicted octanol–water partition coefficient (Wildman–Crippen LogP) is 3.66. The first-order chi connectivity index (χ1) is 13.5. The van der Waals surface area contributed by atoms with Crippen molar-refractivity contribution in [2.75, 3.05) is 26.7 Å². The smallest absolute Gasteiger partial charge is 0.191 e. The van der Waals surface area contributed by atoms with E-state index < -0.39 is 0 Å². The van der Waals surface area contributed by atoms with Gasteiger partial charge in [0.15, 0.2) is 5.96 Å². The van der Waals surface area contributed by atoms with Gasteiger partial charge in [-0.1, -0.05) is 44.2 Å². The standard InChI is InChI=1S/C23H40N4O/c1-6-28-22(18(2)3)12-14-25-23(24-5)26-21-13-15-27(19(4)16-21)17-20-10-8-7-9-11-20/h7-11,18-19,21-22H,6,12-17H2,1-5H3,(H2,24,25,26). The third-order valence-electron chi connectivity index (χ3n) is 5.65. The lowest BCUT2D eigenvalue weighted by atomic mass is 9.97. The number of hydrogen-bond acceptors (Lipinski definition) is 3. The van der Waals surface area contributed by atoms with Gasteiger partial charge in [-0.25, -0.2) is 0 Å². The second-order valence-electron chi connectivity index (χ2n) is 8.20. The van der Waals surface area contributed by atoms with E-state index in [9.17, 15) is 0 Å². The summed E-state index contributed by atoms with van der Waals surface area (Å²) in [5, 5.41) is 7.10. The van der Waals surface area contributed by atoms with Gasteiger partial charge in [0.05, 0.1) is 6.10 Å². The van der Waals surface area contributed by atoms with Crippen LogP contribution in [0, 0.1) is 5.92 Å². The lowest BCUT2D eigenvalue weighted by Gasteiger charge is -2.38. The minimum atomic E-state index is 0.303. The minimum Gasteiger partial charge on any atom is -0.378 e. The zero-order chi connectivity index (χ0) is 20.4. The van der Waals surface area contributed by atoms with E-state index in [0.29, 0.717) is 24.1 Å². The molecule has 3 unspecified atom stereocenters. The van der Waals surface area contributed by atoms with E-state index in [1.54, 1.807) is 0 Å². The van der Waals surface area contributed by atoms with Crippen LogP contribution in [0.3, 0.4) is 0 Å². The average Bonchev–Trinajstić information content (AvgIpc) is 2.69. The van der Waals surface area contributed by atoms with Crippen LogP contribution in [0.25, 0.3) is 0 Å². The molecule has 1 aliphatic heterocycles. The molecular formula is C23H40N4O. The molecule has 158 valence electrons. The van der Waals surface area contributed by atoms with Crippen LogP contribution in [-0.2, 0) is 11.3 Å². The van der Waals surface area contributed by atoms with Crippen molar-refractivity contribution in [2.24, 2.45) is 10.9 Å². The largest absolute Gasteiger partial charge is 0.378 e. The SMILES string of the molecule is CCOC(CCNC(=NC)NC1CCN(Cc2ccccc2)C(C)C1)C(C)C. The maximum Gasteiger partial charge on any atom is 0.191 e. The summed E-state index contributed by atoms with van der Waals surface area (Å²) >= 11 is 0. The van der Waals surface area contributed by atoms with Gasteiger partial charge < -0.3 is 15.4 Å². The third-order valence-corrected chi connectivity index (χ3v) is 5.65. The van der Waals surface area contributed by atoms with E-state index in [2.05, 4.69) is 78.6 Å². The van der Waals surface area contributed by atoms with E-state index in [1.807, 2.05) is 7.05 Å². The molecule has 0 spiro atoms. The second kappa shape index (κ2) is 12.1. The first-order valence-electron chi connectivity index (χ1n) is 10.9. The Kier molecular flexibility index (Phi) is 9.79. The first kappa shape index (κ1) is 22.7. The van der Waals surface area contributed by atoms with Crippen LogP contribution in [0.5, 0.6) is 0 Å². The molecule has 0 amide bonds. The Morgan fingerprint density at radius 3 is 2.64 bits per heavy atom. The van der Waals surface area contributed by atoms with Gasteiger partial charge in [0.1, 0.15) is 0 Å². The summed E-state index contributed by atoms with van der Waals surface area (Å²) in [4.78, 5) is 7.00. The molecule has 1 aliphatic rings. The number of aliphatic imine (C=N–C) groups is 1. The van der Waals surface area contributed by atoms with E-state index >= 15 is 0 Å². The van der Waals surface area contributed by atoms with E-state index in [-0.39, 0.29) is 0 Å². The van der Waals surface area contributed by atoms with Gasteiger partial charge >= 0.3 is 0 Å². The number of nitrogens with zero attached hydrogens (tertiary/aromatic N) is 2. The molecule has 0 radical (unpaired) electrons. The Bertz CT molecular complexity index is 575. The second-order valence-corrected chi connectivity index (χ2v) is 8.20. The van der Waals surface area contributed by atoms with Crippen LogP contribution >= 0.6 is 0 Å². The van der Waals surface area contributed by atoms with Crippen LogP contribution in [0.2, 0.25) is 0 Å². The molecule has 0 bridgehead atoms. The molecule has 1 aromatic rings. The zero-order valence-electron chi connectivity index (χ0n) is 18.4. The summed E-state index contributed by atoms with van der Waals surface area (Å²) in [5.74, 6) is 1.44. The molecule has 0 aromatic heterocycles. The Balaban J connectivity index is 1.75. The number of ether oxygens (including phenoxy) is 1. The highest BCUT2D eigenvalue weighted by Gasteiger charge is 2.26. The van der Waals surface area contributed by atoms with Crippen molar-refractivity contribution in [1.82, 2.24) is 15.5 Å². The maximum atomic E-state index is 5.84. The quantitative estimate of drug-likeness (QED) is 0.501. The van der Waals surface area contributed by atoms with Gasteiger partial charge in [-0.2, -0.15) is 0 Å². The van der Waals surface area contributed by atoms with Gasteiger partial charge in [-0.05, 0) is 44.6 Å². The molecule has 2 N–H and O–H groups in total. The zero-order valence-corrected chi connectivity index (χ0v) is 18.4. The Hall–Kier alpha value is -1.59. The summed E-state index contributed by atoms with van der Waals surface area (Å²) in [7, 11) is 1.85. The van der Waals surface area contributed by atoms with Crippen LogP contribution in [-0.4, -0.2) is 55.8 Å².